The number of likely N-dealkylation sites (tertiary alicyclic amines) is 1. The van der Waals surface area contributed by atoms with Crippen LogP contribution in [0.4, 0.5) is 4.79 Å². The zero-order chi connectivity index (χ0) is 16.2. The van der Waals surface area contributed by atoms with E-state index >= 15 is 0 Å². The number of Topliss-reactive ketones (excluding diaryl/α,β-unsaturated/α-hetero) is 1. The van der Waals surface area contributed by atoms with Gasteiger partial charge >= 0.3 is 6.09 Å². The second kappa shape index (κ2) is 6.89. The van der Waals surface area contributed by atoms with E-state index in [-0.39, 0.29) is 0 Å². The molecule has 0 saturated carbocycles. The third-order valence-electron chi connectivity index (χ3n) is 3.09. The van der Waals surface area contributed by atoms with E-state index in [1.165, 1.54) is 11.8 Å². The topological polar surface area (TPSA) is 95.9 Å². The maximum Gasteiger partial charge on any atom is 0.408 e. The first kappa shape index (κ1) is 17.4. The molecule has 21 heavy (non-hydrogen) atoms. The first-order valence-corrected chi connectivity index (χ1v) is 7.11. The minimum absolute atomic E-state index is 0.352. The number of hydrogen-bond acceptors (Lipinski definition) is 5. The summed E-state index contributed by atoms with van der Waals surface area (Å²) >= 11 is 0. The van der Waals surface area contributed by atoms with Crippen LogP contribution in [0.3, 0.4) is 0 Å². The van der Waals surface area contributed by atoms with Crippen molar-refractivity contribution in [3.63, 3.8) is 0 Å². The number of hydrogen-bond donors (Lipinski definition) is 2. The van der Waals surface area contributed by atoms with E-state index in [4.69, 9.17) is 4.74 Å². The zero-order valence-corrected chi connectivity index (χ0v) is 13.0. The Morgan fingerprint density at radius 3 is 2.24 bits per heavy atom. The lowest BCUT2D eigenvalue weighted by Crippen LogP contribution is -2.50. The van der Waals surface area contributed by atoms with E-state index < -0.39 is 35.5 Å². The molecular weight excluding hydrogens is 276 g/mol. The van der Waals surface area contributed by atoms with E-state index in [1.807, 2.05) is 0 Å². The molecule has 1 saturated heterocycles. The van der Waals surface area contributed by atoms with Crippen LogP contribution in [-0.2, 0) is 14.3 Å². The lowest BCUT2D eigenvalue weighted by Gasteiger charge is -2.29. The van der Waals surface area contributed by atoms with Crippen LogP contribution in [-0.4, -0.2) is 58.6 Å². The molecule has 2 amide bonds. The summed E-state index contributed by atoms with van der Waals surface area (Å²) in [6, 6.07) is -0.945. The van der Waals surface area contributed by atoms with Gasteiger partial charge in [-0.3, -0.25) is 9.59 Å². The second-order valence-electron chi connectivity index (χ2n) is 6.26. The number of rotatable bonds is 3. The van der Waals surface area contributed by atoms with Crippen molar-refractivity contribution < 1.29 is 24.2 Å². The average molecular weight is 300 g/mol. The predicted molar refractivity (Wildman–Crippen MR) is 75.7 cm³/mol. The molecule has 120 valence electrons. The summed E-state index contributed by atoms with van der Waals surface area (Å²) in [6.45, 7) is 7.29. The largest absolute Gasteiger partial charge is 0.444 e. The number of piperidine rings is 1. The maximum absolute atomic E-state index is 12.0. The van der Waals surface area contributed by atoms with E-state index in [1.54, 1.807) is 20.8 Å². The Labute approximate surface area is 124 Å². The molecule has 0 radical (unpaired) electrons. The maximum atomic E-state index is 12.0. The Morgan fingerprint density at radius 1 is 1.24 bits per heavy atom. The van der Waals surface area contributed by atoms with E-state index in [9.17, 15) is 19.5 Å². The summed E-state index contributed by atoms with van der Waals surface area (Å²) < 4.78 is 5.04. The number of ketones is 1. The van der Waals surface area contributed by atoms with Gasteiger partial charge in [0.05, 0.1) is 12.1 Å². The summed E-state index contributed by atoms with van der Waals surface area (Å²) in [7, 11) is 0. The highest BCUT2D eigenvalue weighted by Crippen LogP contribution is 2.11. The number of aliphatic hydroxyl groups is 1. The number of ether oxygens (including phenoxy) is 1. The molecule has 1 rings (SSSR count). The van der Waals surface area contributed by atoms with Gasteiger partial charge in [-0.15, -0.1) is 0 Å². The Kier molecular flexibility index (Phi) is 5.71. The molecule has 2 N–H and O–H groups in total. The van der Waals surface area contributed by atoms with Crippen LogP contribution in [0.2, 0.25) is 0 Å². The molecule has 0 spiro atoms. The molecule has 1 aliphatic rings. The summed E-state index contributed by atoms with van der Waals surface area (Å²) in [5.41, 5.74) is -0.667. The van der Waals surface area contributed by atoms with Crippen LogP contribution in [0, 0.1) is 0 Å². The van der Waals surface area contributed by atoms with Crippen LogP contribution >= 0.6 is 0 Å². The van der Waals surface area contributed by atoms with E-state index in [0.717, 1.165) is 0 Å². The van der Waals surface area contributed by atoms with Gasteiger partial charge in [0, 0.05) is 13.1 Å². The van der Waals surface area contributed by atoms with Gasteiger partial charge in [0.15, 0.2) is 0 Å². The van der Waals surface area contributed by atoms with Gasteiger partial charge in [-0.25, -0.2) is 4.79 Å². The number of nitrogens with zero attached hydrogens (tertiary/aromatic N) is 1. The molecule has 7 nitrogen and oxygen atoms in total. The third kappa shape index (κ3) is 5.71. The van der Waals surface area contributed by atoms with Gasteiger partial charge < -0.3 is 20.1 Å². The van der Waals surface area contributed by atoms with Crippen LogP contribution in [0.1, 0.15) is 40.5 Å². The molecule has 0 unspecified atom stereocenters. The summed E-state index contributed by atoms with van der Waals surface area (Å²) in [5.74, 6) is -1.32. The van der Waals surface area contributed by atoms with Crippen molar-refractivity contribution in [2.75, 3.05) is 13.1 Å². The average Bonchev–Trinajstić information content (AvgIpc) is 2.35. The fraction of sp³-hybridized carbons (Fsp3) is 0.786. The number of carbonyl (C=O) groups excluding carboxylic acids is 3. The standard InChI is InChI=1S/C14H24N2O5/c1-9(15-13(20)21-14(2,3)4)11(18)12(19)16-7-5-10(17)6-8-16/h9-10,17H,5-8H2,1-4H3,(H,15,20)/t9-/m0/s1. The smallest absolute Gasteiger partial charge is 0.408 e. The predicted octanol–water partition coefficient (Wildman–Crippen LogP) is 0.452. The molecule has 0 aliphatic carbocycles. The molecule has 1 aliphatic heterocycles. The number of amides is 2. The van der Waals surface area contributed by atoms with Crippen LogP contribution in [0.25, 0.3) is 0 Å². The van der Waals surface area contributed by atoms with Crippen molar-refractivity contribution in [1.82, 2.24) is 10.2 Å². The highest BCUT2D eigenvalue weighted by molar-refractivity contribution is 6.38. The van der Waals surface area contributed by atoms with E-state index in [2.05, 4.69) is 5.32 Å². The minimum Gasteiger partial charge on any atom is -0.444 e. The van der Waals surface area contributed by atoms with Crippen molar-refractivity contribution in [3.05, 3.63) is 0 Å². The van der Waals surface area contributed by atoms with Crippen molar-refractivity contribution in [1.29, 1.82) is 0 Å². The monoisotopic (exact) mass is 300 g/mol. The first-order valence-electron chi connectivity index (χ1n) is 7.11. The molecule has 0 aromatic carbocycles. The lowest BCUT2D eigenvalue weighted by atomic mass is 10.1. The molecular formula is C14H24N2O5. The number of aliphatic hydroxyl groups excluding tert-OH is 1. The Bertz CT molecular complexity index is 408. The molecule has 0 aromatic rings. The second-order valence-corrected chi connectivity index (χ2v) is 6.26. The zero-order valence-electron chi connectivity index (χ0n) is 13.0. The molecule has 1 fully saturated rings. The molecule has 7 heteroatoms. The van der Waals surface area contributed by atoms with Gasteiger partial charge in [0.1, 0.15) is 5.60 Å². The van der Waals surface area contributed by atoms with Gasteiger partial charge in [0.2, 0.25) is 5.78 Å². The van der Waals surface area contributed by atoms with Crippen LogP contribution in [0.5, 0.6) is 0 Å². The Morgan fingerprint density at radius 2 is 1.76 bits per heavy atom. The number of carbonyl (C=O) groups is 3. The van der Waals surface area contributed by atoms with Gasteiger partial charge in [0.25, 0.3) is 5.91 Å². The molecule has 1 atom stereocenters. The molecule has 0 bridgehead atoms. The van der Waals surface area contributed by atoms with Crippen molar-refractivity contribution in [2.24, 2.45) is 0 Å². The summed E-state index contributed by atoms with van der Waals surface area (Å²) in [4.78, 5) is 37.0. The summed E-state index contributed by atoms with van der Waals surface area (Å²) in [5, 5.41) is 11.7. The fourth-order valence-corrected chi connectivity index (χ4v) is 1.96. The van der Waals surface area contributed by atoms with Gasteiger partial charge in [-0.05, 0) is 40.5 Å². The van der Waals surface area contributed by atoms with Crippen molar-refractivity contribution >= 4 is 17.8 Å². The van der Waals surface area contributed by atoms with E-state index in [0.29, 0.717) is 25.9 Å². The van der Waals surface area contributed by atoms with Crippen LogP contribution < -0.4 is 5.32 Å². The van der Waals surface area contributed by atoms with Gasteiger partial charge in [-0.1, -0.05) is 0 Å². The molecule has 0 aromatic heterocycles. The number of nitrogens with one attached hydrogen (secondary N) is 1. The normalized spacial score (nSPS) is 18.0. The minimum atomic E-state index is -0.945. The Hall–Kier alpha value is -1.63. The third-order valence-corrected chi connectivity index (χ3v) is 3.09. The highest BCUT2D eigenvalue weighted by atomic mass is 16.6. The summed E-state index contributed by atoms with van der Waals surface area (Å²) in [6.07, 6.45) is -0.216. The van der Waals surface area contributed by atoms with Crippen LogP contribution in [0.15, 0.2) is 0 Å². The number of alkyl carbamates (subject to hydrolysis) is 1. The first-order chi connectivity index (χ1) is 9.60. The van der Waals surface area contributed by atoms with Crippen molar-refractivity contribution in [3.8, 4) is 0 Å². The SMILES string of the molecule is C[C@H](NC(=O)OC(C)(C)C)C(=O)C(=O)N1CCC(O)CC1. The van der Waals surface area contributed by atoms with Crippen molar-refractivity contribution in [2.45, 2.75) is 58.3 Å². The lowest BCUT2D eigenvalue weighted by molar-refractivity contribution is -0.146. The quantitative estimate of drug-likeness (QED) is 0.738. The fourth-order valence-electron chi connectivity index (χ4n) is 1.96. The highest BCUT2D eigenvalue weighted by Gasteiger charge is 2.30. The molecule has 1 heterocycles. The van der Waals surface area contributed by atoms with Gasteiger partial charge in [-0.2, -0.15) is 0 Å². The Balaban J connectivity index is 2.50.